The molecule has 7 heteroatoms. The van der Waals surface area contributed by atoms with Gasteiger partial charge in [-0.3, -0.25) is 0 Å². The molecule has 1 aromatic heterocycles. The number of methoxy groups -OCH3 is 2. The fourth-order valence-corrected chi connectivity index (χ4v) is 2.07. The molecule has 1 fully saturated rings. The van der Waals surface area contributed by atoms with Crippen molar-refractivity contribution in [3.63, 3.8) is 0 Å². The predicted molar refractivity (Wildman–Crippen MR) is 62.9 cm³/mol. The van der Waals surface area contributed by atoms with E-state index in [0.29, 0.717) is 5.95 Å². The van der Waals surface area contributed by atoms with Crippen LogP contribution in [0.1, 0.15) is 19.3 Å². The van der Waals surface area contributed by atoms with Crippen LogP contribution in [0, 0.1) is 0 Å². The summed E-state index contributed by atoms with van der Waals surface area (Å²) < 4.78 is 10.3. The van der Waals surface area contributed by atoms with Crippen LogP contribution in [0.4, 0.5) is 11.9 Å². The fraction of sp³-hybridized carbons (Fsp3) is 0.700. The molecule has 3 N–H and O–H groups in total. The molecule has 0 aliphatic heterocycles. The zero-order valence-corrected chi connectivity index (χ0v) is 10.0. The number of anilines is 2. The standard InChI is InChI=1S/C10H17N5O2/c1-16-7-5-3-4-6(7)12-9-13-8(11)14-10(15-9)17-2/h6-7H,3-5H2,1-2H3,(H3,11,12,13,14,15). The van der Waals surface area contributed by atoms with E-state index in [2.05, 4.69) is 20.3 Å². The fourth-order valence-electron chi connectivity index (χ4n) is 2.07. The first-order valence-electron chi connectivity index (χ1n) is 5.58. The number of nitrogens with one attached hydrogen (secondary N) is 1. The highest BCUT2D eigenvalue weighted by molar-refractivity contribution is 5.34. The molecule has 17 heavy (non-hydrogen) atoms. The van der Waals surface area contributed by atoms with E-state index in [-0.39, 0.29) is 24.1 Å². The Morgan fingerprint density at radius 3 is 2.76 bits per heavy atom. The van der Waals surface area contributed by atoms with Crippen molar-refractivity contribution in [3.05, 3.63) is 0 Å². The van der Waals surface area contributed by atoms with Gasteiger partial charge in [0.25, 0.3) is 0 Å². The van der Waals surface area contributed by atoms with Crippen LogP contribution in [0.5, 0.6) is 6.01 Å². The first-order chi connectivity index (χ1) is 8.22. The minimum atomic E-state index is 0.145. The number of rotatable bonds is 4. The van der Waals surface area contributed by atoms with Gasteiger partial charge in [-0.25, -0.2) is 0 Å². The first kappa shape index (κ1) is 11.8. The first-order valence-corrected chi connectivity index (χ1v) is 5.58. The van der Waals surface area contributed by atoms with E-state index in [9.17, 15) is 0 Å². The predicted octanol–water partition coefficient (Wildman–Crippen LogP) is 0.442. The molecule has 0 bridgehead atoms. The monoisotopic (exact) mass is 239 g/mol. The summed E-state index contributed by atoms with van der Waals surface area (Å²) >= 11 is 0. The lowest BCUT2D eigenvalue weighted by molar-refractivity contribution is 0.101. The van der Waals surface area contributed by atoms with Crippen LogP contribution in [-0.4, -0.2) is 41.3 Å². The number of hydrogen-bond donors (Lipinski definition) is 2. The summed E-state index contributed by atoms with van der Waals surface area (Å²) in [5.41, 5.74) is 5.56. The number of nitrogens with two attached hydrogens (primary N) is 1. The van der Waals surface area contributed by atoms with Crippen molar-refractivity contribution in [3.8, 4) is 6.01 Å². The van der Waals surface area contributed by atoms with Crippen LogP contribution in [0.3, 0.4) is 0 Å². The molecule has 1 saturated carbocycles. The summed E-state index contributed by atoms with van der Waals surface area (Å²) in [4.78, 5) is 11.9. The third kappa shape index (κ3) is 2.73. The molecule has 94 valence electrons. The zero-order valence-electron chi connectivity index (χ0n) is 10.0. The molecule has 7 nitrogen and oxygen atoms in total. The van der Waals surface area contributed by atoms with Crippen LogP contribution in [0.2, 0.25) is 0 Å². The van der Waals surface area contributed by atoms with E-state index in [1.165, 1.54) is 7.11 Å². The van der Waals surface area contributed by atoms with Gasteiger partial charge < -0.3 is 20.5 Å². The topological polar surface area (TPSA) is 95.2 Å². The van der Waals surface area contributed by atoms with E-state index in [4.69, 9.17) is 15.2 Å². The number of nitrogen functional groups attached to an aromatic ring is 1. The highest BCUT2D eigenvalue weighted by atomic mass is 16.5. The Balaban J connectivity index is 2.09. The Kier molecular flexibility index (Phi) is 3.58. The molecule has 1 aromatic rings. The Hall–Kier alpha value is -1.63. The van der Waals surface area contributed by atoms with Crippen molar-refractivity contribution >= 4 is 11.9 Å². The van der Waals surface area contributed by atoms with Crippen molar-refractivity contribution in [1.82, 2.24) is 15.0 Å². The van der Waals surface area contributed by atoms with Gasteiger partial charge >= 0.3 is 6.01 Å². The molecule has 1 aliphatic carbocycles. The maximum Gasteiger partial charge on any atom is 0.322 e. The van der Waals surface area contributed by atoms with Crippen LogP contribution in [0.15, 0.2) is 0 Å². The lowest BCUT2D eigenvalue weighted by atomic mass is 10.2. The minimum Gasteiger partial charge on any atom is -0.467 e. The Bertz CT molecular complexity index is 387. The maximum atomic E-state index is 5.56. The minimum absolute atomic E-state index is 0.145. The van der Waals surface area contributed by atoms with Crippen LogP contribution in [-0.2, 0) is 4.74 Å². The van der Waals surface area contributed by atoms with Crippen molar-refractivity contribution in [2.45, 2.75) is 31.4 Å². The molecule has 0 spiro atoms. The summed E-state index contributed by atoms with van der Waals surface area (Å²) in [6.45, 7) is 0. The maximum absolute atomic E-state index is 5.56. The molecule has 1 heterocycles. The average molecular weight is 239 g/mol. The third-order valence-corrected chi connectivity index (χ3v) is 2.88. The molecule has 0 aromatic carbocycles. The molecule has 0 amide bonds. The second-order valence-electron chi connectivity index (χ2n) is 3.96. The van der Waals surface area contributed by atoms with Crippen molar-refractivity contribution in [2.75, 3.05) is 25.3 Å². The van der Waals surface area contributed by atoms with Gasteiger partial charge in [0.05, 0.1) is 19.3 Å². The summed E-state index contributed by atoms with van der Waals surface area (Å²) in [6, 6.07) is 0.429. The smallest absolute Gasteiger partial charge is 0.322 e. The second kappa shape index (κ2) is 5.13. The van der Waals surface area contributed by atoms with Crippen LogP contribution >= 0.6 is 0 Å². The lowest BCUT2D eigenvalue weighted by Gasteiger charge is -2.19. The molecule has 1 aliphatic rings. The zero-order chi connectivity index (χ0) is 12.3. The van der Waals surface area contributed by atoms with Gasteiger partial charge in [-0.1, -0.05) is 0 Å². The molecular formula is C10H17N5O2. The van der Waals surface area contributed by atoms with Crippen molar-refractivity contribution in [2.24, 2.45) is 0 Å². The summed E-state index contributed by atoms with van der Waals surface area (Å²) in [7, 11) is 3.21. The van der Waals surface area contributed by atoms with Gasteiger partial charge in [0.1, 0.15) is 0 Å². The number of aromatic nitrogens is 3. The van der Waals surface area contributed by atoms with E-state index in [1.807, 2.05) is 0 Å². The SMILES string of the molecule is COc1nc(N)nc(NC2CCCC2OC)n1. The number of hydrogen-bond acceptors (Lipinski definition) is 7. The molecule has 0 saturated heterocycles. The summed E-state index contributed by atoms with van der Waals surface area (Å²) in [5, 5.41) is 3.21. The lowest BCUT2D eigenvalue weighted by Crippen LogP contribution is -2.30. The third-order valence-electron chi connectivity index (χ3n) is 2.88. The summed E-state index contributed by atoms with van der Waals surface area (Å²) in [6.07, 6.45) is 3.41. The second-order valence-corrected chi connectivity index (χ2v) is 3.96. The van der Waals surface area contributed by atoms with Gasteiger partial charge in [-0.05, 0) is 19.3 Å². The Labute approximate surface area is 99.8 Å². The molecule has 2 unspecified atom stereocenters. The van der Waals surface area contributed by atoms with Gasteiger partial charge in [0, 0.05) is 7.11 Å². The molecule has 0 radical (unpaired) electrons. The van der Waals surface area contributed by atoms with Gasteiger partial charge in [-0.15, -0.1) is 0 Å². The van der Waals surface area contributed by atoms with E-state index >= 15 is 0 Å². The highest BCUT2D eigenvalue weighted by Gasteiger charge is 2.27. The van der Waals surface area contributed by atoms with Crippen molar-refractivity contribution < 1.29 is 9.47 Å². The normalized spacial score (nSPS) is 23.6. The van der Waals surface area contributed by atoms with Crippen LogP contribution < -0.4 is 15.8 Å². The molecule has 2 atom stereocenters. The van der Waals surface area contributed by atoms with Crippen LogP contribution in [0.25, 0.3) is 0 Å². The van der Waals surface area contributed by atoms with E-state index in [0.717, 1.165) is 19.3 Å². The highest BCUT2D eigenvalue weighted by Crippen LogP contribution is 2.24. The molecule has 2 rings (SSSR count). The van der Waals surface area contributed by atoms with Crippen molar-refractivity contribution in [1.29, 1.82) is 0 Å². The van der Waals surface area contributed by atoms with E-state index < -0.39 is 0 Å². The largest absolute Gasteiger partial charge is 0.467 e. The quantitative estimate of drug-likeness (QED) is 0.787. The summed E-state index contributed by atoms with van der Waals surface area (Å²) in [5.74, 6) is 0.578. The average Bonchev–Trinajstić information content (AvgIpc) is 2.75. The van der Waals surface area contributed by atoms with E-state index in [1.54, 1.807) is 7.11 Å². The molecular weight excluding hydrogens is 222 g/mol. The Morgan fingerprint density at radius 1 is 1.24 bits per heavy atom. The Morgan fingerprint density at radius 2 is 2.06 bits per heavy atom. The van der Waals surface area contributed by atoms with Gasteiger partial charge in [0.2, 0.25) is 11.9 Å². The number of ether oxygens (including phenoxy) is 2. The van der Waals surface area contributed by atoms with Gasteiger partial charge in [-0.2, -0.15) is 15.0 Å². The number of nitrogens with zero attached hydrogens (tertiary/aromatic N) is 3. The van der Waals surface area contributed by atoms with Gasteiger partial charge in [0.15, 0.2) is 0 Å².